The Morgan fingerprint density at radius 2 is 1.83 bits per heavy atom. The first-order chi connectivity index (χ1) is 19.8. The summed E-state index contributed by atoms with van der Waals surface area (Å²) in [6.45, 7) is 5.53. The average Bonchev–Trinajstić information content (AvgIpc) is 3.49. The summed E-state index contributed by atoms with van der Waals surface area (Å²) in [7, 11) is 0. The number of thiazole rings is 1. The molecule has 0 aliphatic carbocycles. The minimum absolute atomic E-state index is 0.244. The number of carbonyl (C=O) groups is 1. The van der Waals surface area contributed by atoms with Crippen LogP contribution in [-0.4, -0.2) is 62.6 Å². The minimum atomic E-state index is -0.413. The van der Waals surface area contributed by atoms with E-state index in [0.29, 0.717) is 63.8 Å². The molecule has 13 heteroatoms. The zero-order valence-electron chi connectivity index (χ0n) is 22.1. The number of fused-ring (bicyclic) bond motifs is 2. The van der Waals surface area contributed by atoms with E-state index >= 15 is 0 Å². The van der Waals surface area contributed by atoms with E-state index in [1.54, 1.807) is 29.7 Å². The number of pyridine rings is 1. The van der Waals surface area contributed by atoms with Crippen molar-refractivity contribution < 1.29 is 9.53 Å². The Balaban J connectivity index is 1.44. The summed E-state index contributed by atoms with van der Waals surface area (Å²) in [5.74, 6) is -0.413. The van der Waals surface area contributed by atoms with Crippen LogP contribution in [0.1, 0.15) is 5.69 Å². The lowest BCUT2D eigenvalue weighted by atomic mass is 10.2. The predicted molar refractivity (Wildman–Crippen MR) is 162 cm³/mol. The molecule has 4 heterocycles. The largest absolute Gasteiger partial charge is 0.379 e. The fourth-order valence-electron chi connectivity index (χ4n) is 5.09. The lowest BCUT2D eigenvalue weighted by Gasteiger charge is -2.27. The Morgan fingerprint density at radius 1 is 1.05 bits per heavy atom. The highest BCUT2D eigenvalue weighted by molar-refractivity contribution is 7.20. The van der Waals surface area contributed by atoms with Gasteiger partial charge in [0.15, 0.2) is 0 Å². The van der Waals surface area contributed by atoms with Gasteiger partial charge in [-0.3, -0.25) is 24.0 Å². The molecule has 2 aromatic carbocycles. The van der Waals surface area contributed by atoms with Crippen LogP contribution < -0.4 is 16.4 Å². The van der Waals surface area contributed by atoms with Crippen molar-refractivity contribution in [1.29, 1.82) is 0 Å². The molecule has 0 bridgehead atoms. The van der Waals surface area contributed by atoms with Crippen LogP contribution in [0.3, 0.4) is 0 Å². The number of ether oxygens (including phenoxy) is 1. The van der Waals surface area contributed by atoms with Gasteiger partial charge in [0.25, 0.3) is 11.1 Å². The van der Waals surface area contributed by atoms with Crippen LogP contribution in [0, 0.1) is 6.92 Å². The van der Waals surface area contributed by atoms with E-state index in [2.05, 4.69) is 15.2 Å². The molecule has 1 saturated heterocycles. The van der Waals surface area contributed by atoms with Crippen molar-refractivity contribution in [3.63, 3.8) is 0 Å². The van der Waals surface area contributed by atoms with E-state index in [1.807, 2.05) is 24.3 Å². The van der Waals surface area contributed by atoms with Crippen LogP contribution in [0.5, 0.6) is 0 Å². The van der Waals surface area contributed by atoms with E-state index in [1.165, 1.54) is 26.8 Å². The maximum atomic E-state index is 14.0. The van der Waals surface area contributed by atoms with Crippen molar-refractivity contribution in [2.45, 2.75) is 20.0 Å². The molecule has 0 spiro atoms. The third kappa shape index (κ3) is 5.43. The maximum Gasteiger partial charge on any atom is 0.283 e. The summed E-state index contributed by atoms with van der Waals surface area (Å²) >= 11 is 13.5. The number of nitrogens with one attached hydrogen (secondary N) is 1. The molecule has 1 N–H and O–H groups in total. The highest BCUT2D eigenvalue weighted by Gasteiger charge is 2.24. The molecule has 0 atom stereocenters. The summed E-state index contributed by atoms with van der Waals surface area (Å²) in [4.78, 5) is 47.6. The van der Waals surface area contributed by atoms with E-state index in [9.17, 15) is 14.4 Å². The third-order valence-corrected chi connectivity index (χ3v) is 8.93. The summed E-state index contributed by atoms with van der Waals surface area (Å²) in [6.07, 6.45) is 0. The Bertz CT molecular complexity index is 1870. The van der Waals surface area contributed by atoms with Crippen molar-refractivity contribution in [2.75, 3.05) is 38.2 Å². The van der Waals surface area contributed by atoms with E-state index in [-0.39, 0.29) is 17.7 Å². The quantitative estimate of drug-likeness (QED) is 0.296. The molecule has 1 aliphatic rings. The second-order valence-corrected chi connectivity index (χ2v) is 11.6. The summed E-state index contributed by atoms with van der Waals surface area (Å²) in [5, 5.41) is 4.24. The summed E-state index contributed by atoms with van der Waals surface area (Å²) in [6, 6.07) is 13.8. The summed E-state index contributed by atoms with van der Waals surface area (Å²) in [5.41, 5.74) is 1.50. The molecule has 6 rings (SSSR count). The third-order valence-electron chi connectivity index (χ3n) is 7.18. The number of carbonyl (C=O) groups excluding carboxylic acids is 1. The first kappa shape index (κ1) is 27.7. The molecular formula is C28H26Cl2N6O4S. The lowest BCUT2D eigenvalue weighted by Crippen LogP contribution is -2.39. The molecule has 1 aliphatic heterocycles. The van der Waals surface area contributed by atoms with Gasteiger partial charge in [-0.25, -0.2) is 4.98 Å². The molecule has 1 amide bonds. The van der Waals surface area contributed by atoms with Gasteiger partial charge in [-0.1, -0.05) is 46.7 Å². The van der Waals surface area contributed by atoms with Crippen molar-refractivity contribution in [3.8, 4) is 5.13 Å². The highest BCUT2D eigenvalue weighted by Crippen LogP contribution is 2.27. The lowest BCUT2D eigenvalue weighted by molar-refractivity contribution is -0.116. The van der Waals surface area contributed by atoms with Crippen LogP contribution in [0.15, 0.2) is 58.1 Å². The van der Waals surface area contributed by atoms with Gasteiger partial charge in [0.1, 0.15) is 6.54 Å². The number of amides is 1. The molecule has 10 nitrogen and oxygen atoms in total. The molecule has 0 radical (unpaired) electrons. The number of aromatic nitrogens is 4. The number of benzene rings is 2. The number of halogens is 2. The second-order valence-electron chi connectivity index (χ2n) is 9.75. The van der Waals surface area contributed by atoms with Crippen LogP contribution in [-0.2, 0) is 22.6 Å². The van der Waals surface area contributed by atoms with E-state index in [0.717, 1.165) is 23.3 Å². The van der Waals surface area contributed by atoms with Gasteiger partial charge >= 0.3 is 0 Å². The topological polar surface area (TPSA) is 103 Å². The zero-order chi connectivity index (χ0) is 28.7. The Kier molecular flexibility index (Phi) is 7.71. The number of anilines is 1. The number of nitrogens with zero attached hydrogens (tertiary/aromatic N) is 5. The van der Waals surface area contributed by atoms with Gasteiger partial charge in [-0.05, 0) is 37.3 Å². The minimum Gasteiger partial charge on any atom is -0.379 e. The Labute approximate surface area is 248 Å². The smallest absolute Gasteiger partial charge is 0.283 e. The SMILES string of the molecule is Cc1c2c(=O)n(-c3nc4ccccc4s3)n(CC(=O)Nc3ccc(Cl)c(Cl)c3)c2cc(=O)n1CCN1CCOCC1. The molecule has 41 heavy (non-hydrogen) atoms. The van der Waals surface area contributed by atoms with E-state index in [4.69, 9.17) is 27.9 Å². The number of rotatable bonds is 7. The van der Waals surface area contributed by atoms with Crippen molar-refractivity contribution in [3.05, 3.63) is 85.0 Å². The zero-order valence-corrected chi connectivity index (χ0v) is 24.4. The number of morpholine rings is 1. The van der Waals surface area contributed by atoms with Gasteiger partial charge in [0, 0.05) is 43.6 Å². The average molecular weight is 614 g/mol. The van der Waals surface area contributed by atoms with Crippen LogP contribution in [0.4, 0.5) is 5.69 Å². The molecule has 5 aromatic rings. The van der Waals surface area contributed by atoms with Crippen LogP contribution in [0.25, 0.3) is 26.3 Å². The molecule has 0 saturated carbocycles. The second kappa shape index (κ2) is 11.4. The Morgan fingerprint density at radius 3 is 2.59 bits per heavy atom. The first-order valence-corrected chi connectivity index (χ1v) is 14.6. The van der Waals surface area contributed by atoms with Crippen LogP contribution in [0.2, 0.25) is 10.0 Å². The number of hydrogen-bond donors (Lipinski definition) is 1. The molecule has 212 valence electrons. The van der Waals surface area contributed by atoms with Crippen molar-refractivity contribution >= 4 is 67.3 Å². The molecule has 0 unspecified atom stereocenters. The normalized spacial score (nSPS) is 14.2. The fourth-order valence-corrected chi connectivity index (χ4v) is 6.37. The van der Waals surface area contributed by atoms with Gasteiger partial charge in [-0.15, -0.1) is 0 Å². The van der Waals surface area contributed by atoms with Gasteiger partial charge < -0.3 is 14.6 Å². The van der Waals surface area contributed by atoms with Gasteiger partial charge in [-0.2, -0.15) is 4.68 Å². The van der Waals surface area contributed by atoms with Crippen molar-refractivity contribution in [1.82, 2.24) is 23.8 Å². The monoisotopic (exact) mass is 612 g/mol. The first-order valence-electron chi connectivity index (χ1n) is 13.1. The highest BCUT2D eigenvalue weighted by atomic mass is 35.5. The van der Waals surface area contributed by atoms with Crippen molar-refractivity contribution in [2.24, 2.45) is 0 Å². The number of para-hydroxylation sites is 1. The number of hydrogen-bond acceptors (Lipinski definition) is 7. The molecule has 1 fully saturated rings. The standard InChI is InChI=1S/C28H26Cl2N6O4S/c1-17-26-22(15-25(38)34(17)9-8-33-10-12-40-13-11-33)35(16-24(37)31-18-6-7-19(29)20(30)14-18)36(27(26)39)28-32-21-4-2-3-5-23(21)41-28/h2-7,14-15H,8-13,16H2,1H3,(H,31,37). The van der Waals surface area contributed by atoms with Gasteiger partial charge in [0.2, 0.25) is 11.0 Å². The Hall–Kier alpha value is -3.48. The summed E-state index contributed by atoms with van der Waals surface area (Å²) < 4.78 is 10.9. The van der Waals surface area contributed by atoms with E-state index < -0.39 is 5.91 Å². The molecular weight excluding hydrogens is 587 g/mol. The fraction of sp³-hybridized carbons (Fsp3) is 0.286. The predicted octanol–water partition coefficient (Wildman–Crippen LogP) is 4.15. The van der Waals surface area contributed by atoms with Gasteiger partial charge in [0.05, 0.1) is 44.4 Å². The molecule has 3 aromatic heterocycles. The van der Waals surface area contributed by atoms with Crippen LogP contribution >= 0.6 is 34.5 Å². The maximum absolute atomic E-state index is 14.0. The number of aryl methyl sites for hydroxylation is 1.